The van der Waals surface area contributed by atoms with Gasteiger partial charge in [0.15, 0.2) is 5.82 Å². The van der Waals surface area contributed by atoms with Crippen molar-refractivity contribution in [2.24, 2.45) is 0 Å². The summed E-state index contributed by atoms with van der Waals surface area (Å²) in [4.78, 5) is 22.2. The summed E-state index contributed by atoms with van der Waals surface area (Å²) in [5.41, 5.74) is 1.28. The van der Waals surface area contributed by atoms with Gasteiger partial charge in [0, 0.05) is 6.07 Å². The highest BCUT2D eigenvalue weighted by atomic mass is 32.1. The molecule has 4 rings (SSSR count). The zero-order valence-electron chi connectivity index (χ0n) is 14.1. The van der Waals surface area contributed by atoms with Crippen molar-refractivity contribution in [3.63, 3.8) is 0 Å². The molecule has 7 nitrogen and oxygen atoms in total. The Labute approximate surface area is 153 Å². The Morgan fingerprint density at radius 3 is 2.92 bits per heavy atom. The van der Waals surface area contributed by atoms with Crippen LogP contribution in [-0.2, 0) is 6.54 Å². The predicted molar refractivity (Wildman–Crippen MR) is 102 cm³/mol. The highest BCUT2D eigenvalue weighted by Crippen LogP contribution is 2.24. The first-order chi connectivity index (χ1) is 12.7. The van der Waals surface area contributed by atoms with Gasteiger partial charge in [-0.1, -0.05) is 18.2 Å². The Bertz CT molecular complexity index is 1080. The van der Waals surface area contributed by atoms with Crippen molar-refractivity contribution in [1.29, 1.82) is 0 Å². The lowest BCUT2D eigenvalue weighted by Crippen LogP contribution is -2.17. The lowest BCUT2D eigenvalue weighted by Gasteiger charge is -2.11. The molecule has 0 aliphatic heterocycles. The molecule has 2 N–H and O–H groups in total. The fourth-order valence-electron chi connectivity index (χ4n) is 2.62. The van der Waals surface area contributed by atoms with E-state index in [0.29, 0.717) is 30.4 Å². The summed E-state index contributed by atoms with van der Waals surface area (Å²) < 4.78 is 6.95. The number of rotatable bonds is 6. The van der Waals surface area contributed by atoms with Crippen LogP contribution >= 0.6 is 11.3 Å². The van der Waals surface area contributed by atoms with Gasteiger partial charge in [-0.3, -0.25) is 9.89 Å². The van der Waals surface area contributed by atoms with Gasteiger partial charge in [-0.05, 0) is 30.5 Å². The lowest BCUT2D eigenvalue weighted by atomic mass is 10.3. The van der Waals surface area contributed by atoms with Gasteiger partial charge in [-0.25, -0.2) is 4.98 Å². The van der Waals surface area contributed by atoms with E-state index in [0.717, 1.165) is 16.3 Å². The van der Waals surface area contributed by atoms with Crippen LogP contribution in [0.15, 0.2) is 52.6 Å². The number of nitrogens with zero attached hydrogens (tertiary/aromatic N) is 3. The molecule has 26 heavy (non-hydrogen) atoms. The van der Waals surface area contributed by atoms with Crippen LogP contribution in [0.5, 0.6) is 5.75 Å². The second-order valence-corrected chi connectivity index (χ2v) is 6.50. The fourth-order valence-corrected chi connectivity index (χ4v) is 3.29. The number of benzene rings is 1. The third kappa shape index (κ3) is 3.18. The molecule has 0 aliphatic carbocycles. The molecule has 3 heterocycles. The van der Waals surface area contributed by atoms with E-state index < -0.39 is 0 Å². The van der Waals surface area contributed by atoms with E-state index in [1.165, 1.54) is 10.6 Å². The molecule has 0 spiro atoms. The van der Waals surface area contributed by atoms with Crippen LogP contribution in [0.3, 0.4) is 0 Å². The standard InChI is InChI=1S/C18H17N5O2S/c1-2-25-14-7-4-3-6-13(14)19-11-12-10-16(24)23-18(20-12)21-17(22-23)15-8-5-9-26-15/h3-10,19H,2,11H2,1H3,(H,20,21,22). The number of thiophene rings is 1. The first-order valence-electron chi connectivity index (χ1n) is 8.23. The molecule has 0 unspecified atom stereocenters. The number of aromatic nitrogens is 4. The number of aromatic amines is 1. The quantitative estimate of drug-likeness (QED) is 0.547. The van der Waals surface area contributed by atoms with Gasteiger partial charge in [-0.15, -0.1) is 11.3 Å². The third-order valence-corrected chi connectivity index (χ3v) is 4.66. The van der Waals surface area contributed by atoms with Gasteiger partial charge in [0.1, 0.15) is 5.75 Å². The Hall–Kier alpha value is -3.13. The van der Waals surface area contributed by atoms with Crippen molar-refractivity contribution in [1.82, 2.24) is 19.6 Å². The fraction of sp³-hybridized carbons (Fsp3) is 0.167. The highest BCUT2D eigenvalue weighted by molar-refractivity contribution is 7.13. The molecule has 132 valence electrons. The summed E-state index contributed by atoms with van der Waals surface area (Å²) in [5.74, 6) is 1.76. The summed E-state index contributed by atoms with van der Waals surface area (Å²) in [5, 5.41) is 8.22. The molecule has 0 bridgehead atoms. The smallest absolute Gasteiger partial charge is 0.274 e. The minimum atomic E-state index is -0.194. The number of H-pyrrole nitrogens is 1. The number of para-hydroxylation sites is 2. The molecule has 0 atom stereocenters. The average Bonchev–Trinajstić information content (AvgIpc) is 3.31. The van der Waals surface area contributed by atoms with E-state index in [-0.39, 0.29) is 5.56 Å². The van der Waals surface area contributed by atoms with Gasteiger partial charge in [0.2, 0.25) is 0 Å². The maximum absolute atomic E-state index is 12.4. The minimum absolute atomic E-state index is 0.194. The first-order valence-corrected chi connectivity index (χ1v) is 9.11. The molecule has 0 amide bonds. The van der Waals surface area contributed by atoms with Gasteiger partial charge in [0.25, 0.3) is 11.3 Å². The number of fused-ring (bicyclic) bond motifs is 1. The number of ether oxygens (including phenoxy) is 1. The van der Waals surface area contributed by atoms with Crippen LogP contribution < -0.4 is 15.6 Å². The van der Waals surface area contributed by atoms with Crippen molar-refractivity contribution >= 4 is 22.8 Å². The zero-order valence-corrected chi connectivity index (χ0v) is 14.9. The molecule has 8 heteroatoms. The molecule has 0 aliphatic rings. The Morgan fingerprint density at radius 1 is 1.23 bits per heavy atom. The Balaban J connectivity index is 1.61. The van der Waals surface area contributed by atoms with Crippen molar-refractivity contribution < 1.29 is 4.74 Å². The van der Waals surface area contributed by atoms with Crippen LogP contribution in [0, 0.1) is 0 Å². The van der Waals surface area contributed by atoms with Crippen LogP contribution in [0.25, 0.3) is 16.5 Å². The van der Waals surface area contributed by atoms with Crippen LogP contribution in [0.1, 0.15) is 12.6 Å². The lowest BCUT2D eigenvalue weighted by molar-refractivity contribution is 0.341. The largest absolute Gasteiger partial charge is 0.492 e. The van der Waals surface area contributed by atoms with E-state index in [1.54, 1.807) is 11.3 Å². The van der Waals surface area contributed by atoms with Crippen LogP contribution in [-0.4, -0.2) is 26.2 Å². The van der Waals surface area contributed by atoms with E-state index in [1.807, 2.05) is 48.7 Å². The van der Waals surface area contributed by atoms with Gasteiger partial charge < -0.3 is 10.1 Å². The summed E-state index contributed by atoms with van der Waals surface area (Å²) in [7, 11) is 0. The first kappa shape index (κ1) is 16.3. The summed E-state index contributed by atoms with van der Waals surface area (Å²) in [6.45, 7) is 2.93. The maximum atomic E-state index is 12.4. The number of nitrogens with one attached hydrogen (secondary N) is 2. The SMILES string of the molecule is CCOc1ccccc1NCc1cc(=O)n2[nH]c(-c3cccs3)nc2n1. The molecular formula is C18H17N5O2S. The summed E-state index contributed by atoms with van der Waals surface area (Å²) in [6.07, 6.45) is 0. The van der Waals surface area contributed by atoms with Crippen molar-refractivity contribution in [3.8, 4) is 16.5 Å². The molecule has 3 aromatic heterocycles. The average molecular weight is 367 g/mol. The van der Waals surface area contributed by atoms with Crippen molar-refractivity contribution in [2.45, 2.75) is 13.5 Å². The highest BCUT2D eigenvalue weighted by Gasteiger charge is 2.10. The second-order valence-electron chi connectivity index (χ2n) is 5.55. The van der Waals surface area contributed by atoms with Crippen molar-refractivity contribution in [2.75, 3.05) is 11.9 Å². The number of hydrogen-bond donors (Lipinski definition) is 2. The van der Waals surface area contributed by atoms with E-state index in [4.69, 9.17) is 4.74 Å². The number of hydrogen-bond acceptors (Lipinski definition) is 6. The molecule has 0 radical (unpaired) electrons. The number of anilines is 1. The zero-order chi connectivity index (χ0) is 17.9. The predicted octanol–water partition coefficient (Wildman–Crippen LogP) is 3.16. The van der Waals surface area contributed by atoms with E-state index >= 15 is 0 Å². The summed E-state index contributed by atoms with van der Waals surface area (Å²) in [6, 6.07) is 13.1. The van der Waals surface area contributed by atoms with Gasteiger partial charge >= 0.3 is 0 Å². The Morgan fingerprint density at radius 2 is 2.12 bits per heavy atom. The molecular weight excluding hydrogens is 350 g/mol. The normalized spacial score (nSPS) is 11.0. The minimum Gasteiger partial charge on any atom is -0.492 e. The summed E-state index contributed by atoms with van der Waals surface area (Å²) >= 11 is 1.55. The van der Waals surface area contributed by atoms with E-state index in [2.05, 4.69) is 20.4 Å². The van der Waals surface area contributed by atoms with Crippen LogP contribution in [0.4, 0.5) is 5.69 Å². The monoisotopic (exact) mass is 367 g/mol. The molecule has 4 aromatic rings. The van der Waals surface area contributed by atoms with Crippen molar-refractivity contribution in [3.05, 3.63) is 63.9 Å². The molecule has 0 saturated heterocycles. The van der Waals surface area contributed by atoms with Gasteiger partial charge in [-0.2, -0.15) is 9.50 Å². The molecule has 0 saturated carbocycles. The molecule has 0 fully saturated rings. The maximum Gasteiger partial charge on any atom is 0.274 e. The van der Waals surface area contributed by atoms with Gasteiger partial charge in [0.05, 0.1) is 29.4 Å². The molecule has 1 aromatic carbocycles. The Kier molecular flexibility index (Phi) is 4.40. The topological polar surface area (TPSA) is 84.3 Å². The van der Waals surface area contributed by atoms with Crippen LogP contribution in [0.2, 0.25) is 0 Å². The third-order valence-electron chi connectivity index (χ3n) is 3.79. The van der Waals surface area contributed by atoms with E-state index in [9.17, 15) is 4.79 Å². The second kappa shape index (κ2) is 7.01.